The summed E-state index contributed by atoms with van der Waals surface area (Å²) in [5, 5.41) is 10.2. The molecule has 0 radical (unpaired) electrons. The van der Waals surface area contributed by atoms with Gasteiger partial charge in [0.2, 0.25) is 5.89 Å². The van der Waals surface area contributed by atoms with Gasteiger partial charge in [-0.05, 0) is 31.0 Å². The molecule has 1 aromatic carbocycles. The Balaban J connectivity index is 1.84. The number of carbonyl (C=O) groups is 1. The van der Waals surface area contributed by atoms with Crippen LogP contribution in [0.15, 0.2) is 28.7 Å². The molecule has 0 fully saturated rings. The van der Waals surface area contributed by atoms with E-state index in [0.717, 1.165) is 0 Å². The zero-order chi connectivity index (χ0) is 15.8. The summed E-state index contributed by atoms with van der Waals surface area (Å²) in [5.74, 6) is -0.577. The number of hydrogen-bond donors (Lipinski definition) is 1. The lowest BCUT2D eigenvalue weighted by atomic mass is 10.1. The zero-order valence-electron chi connectivity index (χ0n) is 12.3. The second kappa shape index (κ2) is 8.23. The molecule has 118 valence electrons. The highest BCUT2D eigenvalue weighted by atomic mass is 19.1. The van der Waals surface area contributed by atoms with Crippen LogP contribution in [0, 0.1) is 5.82 Å². The number of nitrogens with one attached hydrogen (secondary N) is 1. The van der Waals surface area contributed by atoms with Crippen molar-refractivity contribution in [1.82, 2.24) is 15.5 Å². The lowest BCUT2D eigenvalue weighted by molar-refractivity contribution is 0.0908. The lowest BCUT2D eigenvalue weighted by Crippen LogP contribution is -2.25. The molecule has 1 N–H and O–H groups in total. The van der Waals surface area contributed by atoms with Gasteiger partial charge in [0.15, 0.2) is 0 Å². The molecule has 0 bridgehead atoms. The maximum atomic E-state index is 13.1. The van der Waals surface area contributed by atoms with Crippen LogP contribution >= 0.6 is 0 Å². The summed E-state index contributed by atoms with van der Waals surface area (Å²) in [6.45, 7) is 3.63. The van der Waals surface area contributed by atoms with E-state index in [1.165, 1.54) is 12.1 Å². The van der Waals surface area contributed by atoms with Crippen LogP contribution in [0.5, 0.6) is 0 Å². The van der Waals surface area contributed by atoms with Crippen LogP contribution in [0.2, 0.25) is 0 Å². The Labute approximate surface area is 127 Å². The van der Waals surface area contributed by atoms with E-state index in [4.69, 9.17) is 9.15 Å². The van der Waals surface area contributed by atoms with Crippen molar-refractivity contribution in [3.63, 3.8) is 0 Å². The van der Waals surface area contributed by atoms with Gasteiger partial charge >= 0.3 is 11.8 Å². The van der Waals surface area contributed by atoms with Crippen LogP contribution in [-0.4, -0.2) is 35.9 Å². The molecule has 22 heavy (non-hydrogen) atoms. The molecule has 0 aliphatic carbocycles. The van der Waals surface area contributed by atoms with E-state index in [9.17, 15) is 9.18 Å². The maximum Gasteiger partial charge on any atom is 0.308 e. The van der Waals surface area contributed by atoms with Gasteiger partial charge in [0.1, 0.15) is 5.82 Å². The highest BCUT2D eigenvalue weighted by molar-refractivity contribution is 5.89. The molecule has 0 unspecified atom stereocenters. The van der Waals surface area contributed by atoms with Crippen LogP contribution in [0.3, 0.4) is 0 Å². The minimum atomic E-state index is -0.422. The van der Waals surface area contributed by atoms with Gasteiger partial charge in [-0.15, -0.1) is 10.2 Å². The standard InChI is InChI=1S/C15H18FN3O3/c1-2-21-8-4-7-17-14(20)15-19-18-13(22-15)10-11-5-3-6-12(16)9-11/h3,5-6,9H,2,4,7-8,10H2,1H3,(H,17,20). The third kappa shape index (κ3) is 4.92. The molecule has 1 amide bonds. The van der Waals surface area contributed by atoms with Gasteiger partial charge in [0, 0.05) is 19.8 Å². The first-order valence-corrected chi connectivity index (χ1v) is 7.12. The molecule has 2 rings (SSSR count). The van der Waals surface area contributed by atoms with Crippen molar-refractivity contribution in [1.29, 1.82) is 0 Å². The molecule has 0 saturated heterocycles. The molecule has 7 heteroatoms. The fourth-order valence-electron chi connectivity index (χ4n) is 1.83. The van der Waals surface area contributed by atoms with Crippen molar-refractivity contribution in [3.8, 4) is 0 Å². The third-order valence-corrected chi connectivity index (χ3v) is 2.86. The minimum Gasteiger partial charge on any atom is -0.417 e. The van der Waals surface area contributed by atoms with Gasteiger partial charge in [-0.1, -0.05) is 12.1 Å². The SMILES string of the molecule is CCOCCCNC(=O)c1nnc(Cc2cccc(F)c2)o1. The Hall–Kier alpha value is -2.28. The van der Waals surface area contributed by atoms with E-state index in [1.54, 1.807) is 12.1 Å². The Morgan fingerprint density at radius 1 is 1.41 bits per heavy atom. The molecule has 1 aromatic heterocycles. The summed E-state index contributed by atoms with van der Waals surface area (Å²) in [5.41, 5.74) is 0.701. The number of nitrogens with zero attached hydrogens (tertiary/aromatic N) is 2. The maximum absolute atomic E-state index is 13.1. The summed E-state index contributed by atoms with van der Waals surface area (Å²) in [6.07, 6.45) is 0.992. The van der Waals surface area contributed by atoms with Gasteiger partial charge < -0.3 is 14.5 Å². The number of amides is 1. The van der Waals surface area contributed by atoms with Gasteiger partial charge in [0.05, 0.1) is 6.42 Å². The number of rotatable bonds is 8. The predicted octanol–water partition coefficient (Wildman–Crippen LogP) is 1.96. The van der Waals surface area contributed by atoms with E-state index in [0.29, 0.717) is 31.7 Å². The van der Waals surface area contributed by atoms with Crippen LogP contribution in [0.4, 0.5) is 4.39 Å². The van der Waals surface area contributed by atoms with Crippen molar-refractivity contribution in [2.24, 2.45) is 0 Å². The van der Waals surface area contributed by atoms with Crippen molar-refractivity contribution in [2.45, 2.75) is 19.8 Å². The number of ether oxygens (including phenoxy) is 1. The number of halogens is 1. The monoisotopic (exact) mass is 307 g/mol. The summed E-state index contributed by atoms with van der Waals surface area (Å²) in [7, 11) is 0. The number of carbonyl (C=O) groups excluding carboxylic acids is 1. The molecule has 0 saturated carbocycles. The van der Waals surface area contributed by atoms with Crippen LogP contribution in [-0.2, 0) is 11.2 Å². The van der Waals surface area contributed by atoms with E-state index in [1.807, 2.05) is 6.92 Å². The van der Waals surface area contributed by atoms with E-state index in [2.05, 4.69) is 15.5 Å². The first kappa shape index (κ1) is 16.1. The largest absolute Gasteiger partial charge is 0.417 e. The number of hydrogen-bond acceptors (Lipinski definition) is 5. The Morgan fingerprint density at radius 3 is 3.05 bits per heavy atom. The molecule has 2 aromatic rings. The fourth-order valence-corrected chi connectivity index (χ4v) is 1.83. The van der Waals surface area contributed by atoms with Gasteiger partial charge in [-0.3, -0.25) is 4.79 Å². The van der Waals surface area contributed by atoms with Crippen molar-refractivity contribution in [3.05, 3.63) is 47.4 Å². The van der Waals surface area contributed by atoms with E-state index >= 15 is 0 Å². The van der Waals surface area contributed by atoms with Gasteiger partial charge in [-0.25, -0.2) is 4.39 Å². The highest BCUT2D eigenvalue weighted by Gasteiger charge is 2.14. The Bertz CT molecular complexity index is 616. The molecule has 0 spiro atoms. The molecule has 0 atom stereocenters. The molecule has 1 heterocycles. The van der Waals surface area contributed by atoms with Crippen LogP contribution in [0.1, 0.15) is 35.5 Å². The molecular formula is C15H18FN3O3. The summed E-state index contributed by atoms with van der Waals surface area (Å²) in [4.78, 5) is 11.8. The average Bonchev–Trinajstić information content (AvgIpc) is 2.95. The fraction of sp³-hybridized carbons (Fsp3) is 0.400. The highest BCUT2D eigenvalue weighted by Crippen LogP contribution is 2.10. The second-order valence-corrected chi connectivity index (χ2v) is 4.61. The molecular weight excluding hydrogens is 289 g/mol. The zero-order valence-corrected chi connectivity index (χ0v) is 12.3. The number of benzene rings is 1. The van der Waals surface area contributed by atoms with Crippen molar-refractivity contribution >= 4 is 5.91 Å². The first-order chi connectivity index (χ1) is 10.7. The summed E-state index contributed by atoms with van der Waals surface area (Å²) >= 11 is 0. The second-order valence-electron chi connectivity index (χ2n) is 4.61. The van der Waals surface area contributed by atoms with Gasteiger partial charge in [-0.2, -0.15) is 0 Å². The topological polar surface area (TPSA) is 77.2 Å². The third-order valence-electron chi connectivity index (χ3n) is 2.86. The minimum absolute atomic E-state index is 0.0946. The summed E-state index contributed by atoms with van der Waals surface area (Å²) < 4.78 is 23.5. The van der Waals surface area contributed by atoms with Crippen LogP contribution < -0.4 is 5.32 Å². The molecule has 0 aliphatic heterocycles. The molecule has 6 nitrogen and oxygen atoms in total. The van der Waals surface area contributed by atoms with E-state index < -0.39 is 5.91 Å². The van der Waals surface area contributed by atoms with Gasteiger partial charge in [0.25, 0.3) is 0 Å². The molecule has 0 aliphatic rings. The quantitative estimate of drug-likeness (QED) is 0.754. The van der Waals surface area contributed by atoms with Crippen molar-refractivity contribution < 1.29 is 18.3 Å². The Morgan fingerprint density at radius 2 is 2.27 bits per heavy atom. The van der Waals surface area contributed by atoms with Crippen molar-refractivity contribution in [2.75, 3.05) is 19.8 Å². The van der Waals surface area contributed by atoms with Crippen LogP contribution in [0.25, 0.3) is 0 Å². The smallest absolute Gasteiger partial charge is 0.308 e. The first-order valence-electron chi connectivity index (χ1n) is 7.12. The number of aromatic nitrogens is 2. The predicted molar refractivity (Wildman–Crippen MR) is 76.9 cm³/mol. The lowest BCUT2D eigenvalue weighted by Gasteiger charge is -2.02. The summed E-state index contributed by atoms with van der Waals surface area (Å²) in [6, 6.07) is 6.10. The normalized spacial score (nSPS) is 10.6. The van der Waals surface area contributed by atoms with E-state index in [-0.39, 0.29) is 24.0 Å². The Kier molecular flexibility index (Phi) is 6.02. The average molecular weight is 307 g/mol.